The zero-order valence-electron chi connectivity index (χ0n) is 19.1. The van der Waals surface area contributed by atoms with Gasteiger partial charge in [0.1, 0.15) is 11.5 Å². The highest BCUT2D eigenvalue weighted by Gasteiger charge is 2.24. The molecule has 0 spiro atoms. The molecule has 0 unspecified atom stereocenters. The van der Waals surface area contributed by atoms with Gasteiger partial charge in [0.15, 0.2) is 5.78 Å². The van der Waals surface area contributed by atoms with Gasteiger partial charge in [-0.15, -0.1) is 0 Å². The van der Waals surface area contributed by atoms with Crippen molar-refractivity contribution in [3.05, 3.63) is 75.7 Å². The Morgan fingerprint density at radius 1 is 1.11 bits per heavy atom. The number of nitrogens with zero attached hydrogens (tertiary/aromatic N) is 2. The molecule has 2 heterocycles. The lowest BCUT2D eigenvalue weighted by Crippen LogP contribution is -2.37. The van der Waals surface area contributed by atoms with Crippen LogP contribution in [0.4, 0.5) is 14.9 Å². The Bertz CT molecular complexity index is 1280. The lowest BCUT2D eigenvalue weighted by Gasteiger charge is -2.14. The topological polar surface area (TPSA) is 120 Å². The van der Waals surface area contributed by atoms with E-state index < -0.39 is 17.6 Å². The third kappa shape index (κ3) is 5.95. The van der Waals surface area contributed by atoms with Crippen molar-refractivity contribution in [1.82, 2.24) is 15.5 Å². The van der Waals surface area contributed by atoms with E-state index in [2.05, 4.69) is 20.9 Å². The number of anilines is 1. The van der Waals surface area contributed by atoms with Crippen LogP contribution in [0.25, 0.3) is 0 Å². The van der Waals surface area contributed by atoms with Gasteiger partial charge in [-0.05, 0) is 35.9 Å². The Morgan fingerprint density at radius 2 is 1.89 bits per heavy atom. The maximum Gasteiger partial charge on any atom is 0.317 e. The van der Waals surface area contributed by atoms with Gasteiger partial charge in [-0.2, -0.15) is 0 Å². The molecule has 186 valence electrons. The van der Waals surface area contributed by atoms with Crippen molar-refractivity contribution in [1.29, 1.82) is 0 Å². The Hall–Kier alpha value is -4.05. The number of urea groups is 1. The first-order valence-electron chi connectivity index (χ1n) is 11.3. The van der Waals surface area contributed by atoms with Crippen LogP contribution in [0.5, 0.6) is 0 Å². The van der Waals surface area contributed by atoms with Crippen molar-refractivity contribution in [3.8, 4) is 0 Å². The first kappa shape index (κ1) is 25.1. The van der Waals surface area contributed by atoms with Crippen molar-refractivity contribution < 1.29 is 23.6 Å². The summed E-state index contributed by atoms with van der Waals surface area (Å²) >= 11 is 5.96. The number of amides is 4. The molecule has 2 aromatic carbocycles. The molecule has 0 radical (unpaired) electrons. The fourth-order valence-corrected chi connectivity index (χ4v) is 4.09. The van der Waals surface area contributed by atoms with E-state index in [0.717, 1.165) is 6.07 Å². The third-order valence-corrected chi connectivity index (χ3v) is 6.02. The van der Waals surface area contributed by atoms with Gasteiger partial charge < -0.3 is 20.9 Å². The summed E-state index contributed by atoms with van der Waals surface area (Å²) in [6, 6.07) is 10.1. The summed E-state index contributed by atoms with van der Waals surface area (Å²) in [4.78, 5) is 55.0. The smallest absolute Gasteiger partial charge is 0.317 e. The summed E-state index contributed by atoms with van der Waals surface area (Å²) in [5, 5.41) is 8.17. The second-order valence-corrected chi connectivity index (χ2v) is 8.60. The number of ketones is 1. The molecule has 0 atom stereocenters. The van der Waals surface area contributed by atoms with Gasteiger partial charge in [0.2, 0.25) is 0 Å². The first-order chi connectivity index (χ1) is 17.3. The summed E-state index contributed by atoms with van der Waals surface area (Å²) in [7, 11) is 0. The predicted octanol–water partition coefficient (Wildman–Crippen LogP) is 2.71. The monoisotopic (exact) mass is 511 g/mol. The SMILES string of the molecule is O=C(Nc1ccc(CC(=O)c2ccc(F)cc2Cl)cc1)C1=C(C(=O)NCCN2CCNC2=O)N=CC1. The van der Waals surface area contributed by atoms with E-state index in [0.29, 0.717) is 30.9 Å². The summed E-state index contributed by atoms with van der Waals surface area (Å²) in [6.07, 6.45) is 1.77. The molecular formula is C25H23ClFN5O4. The molecule has 4 amide bonds. The predicted molar refractivity (Wildman–Crippen MR) is 133 cm³/mol. The number of rotatable bonds is 9. The molecule has 0 aliphatic carbocycles. The van der Waals surface area contributed by atoms with Gasteiger partial charge in [-0.3, -0.25) is 19.4 Å². The number of nitrogens with one attached hydrogen (secondary N) is 3. The molecule has 2 aliphatic heterocycles. The highest BCUT2D eigenvalue weighted by atomic mass is 35.5. The van der Waals surface area contributed by atoms with E-state index in [9.17, 15) is 23.6 Å². The van der Waals surface area contributed by atoms with E-state index in [-0.39, 0.29) is 53.1 Å². The van der Waals surface area contributed by atoms with Crippen LogP contribution < -0.4 is 16.0 Å². The van der Waals surface area contributed by atoms with Crippen LogP contribution in [0.1, 0.15) is 22.3 Å². The standard InChI is InChI=1S/C25H23ClFN5O4/c26-20-14-16(27)3-6-18(20)21(33)13-15-1-4-17(5-2-15)31-23(34)19-7-8-28-22(19)24(35)29-9-11-32-12-10-30-25(32)36/h1-6,8,14H,7,9-13H2,(H,29,35)(H,30,36)(H,31,34). The second kappa shape index (κ2) is 11.1. The molecular weight excluding hydrogens is 489 g/mol. The number of halogens is 2. The molecule has 36 heavy (non-hydrogen) atoms. The quantitative estimate of drug-likeness (QED) is 0.448. The molecule has 4 rings (SSSR count). The van der Waals surface area contributed by atoms with E-state index in [1.54, 1.807) is 29.2 Å². The summed E-state index contributed by atoms with van der Waals surface area (Å²) in [5.74, 6) is -1.72. The third-order valence-electron chi connectivity index (χ3n) is 5.71. The van der Waals surface area contributed by atoms with Gasteiger partial charge in [0.05, 0.1) is 10.6 Å². The molecule has 11 heteroatoms. The zero-order chi connectivity index (χ0) is 25.7. The lowest BCUT2D eigenvalue weighted by atomic mass is 10.0. The van der Waals surface area contributed by atoms with Gasteiger partial charge in [-0.25, -0.2) is 9.18 Å². The molecule has 1 fully saturated rings. The fourth-order valence-electron chi connectivity index (χ4n) is 3.82. The number of hydrogen-bond donors (Lipinski definition) is 3. The molecule has 0 aromatic heterocycles. The van der Waals surface area contributed by atoms with Gasteiger partial charge in [-0.1, -0.05) is 23.7 Å². The van der Waals surface area contributed by atoms with Crippen molar-refractivity contribution in [2.24, 2.45) is 4.99 Å². The Labute approximate surface area is 211 Å². The highest BCUT2D eigenvalue weighted by Crippen LogP contribution is 2.21. The van der Waals surface area contributed by atoms with Crippen molar-refractivity contribution in [2.45, 2.75) is 12.8 Å². The summed E-state index contributed by atoms with van der Waals surface area (Å²) in [5.41, 5.74) is 1.68. The number of benzene rings is 2. The number of hydrogen-bond acceptors (Lipinski definition) is 5. The Balaban J connectivity index is 1.33. The summed E-state index contributed by atoms with van der Waals surface area (Å²) in [6.45, 7) is 1.75. The molecule has 3 N–H and O–H groups in total. The maximum atomic E-state index is 13.2. The number of carbonyl (C=O) groups is 4. The average molecular weight is 512 g/mol. The molecule has 2 aliphatic rings. The number of carbonyl (C=O) groups excluding carboxylic acids is 4. The Kier molecular flexibility index (Phi) is 7.74. The van der Waals surface area contributed by atoms with Crippen LogP contribution in [-0.4, -0.2) is 60.9 Å². The van der Waals surface area contributed by atoms with Crippen molar-refractivity contribution in [3.63, 3.8) is 0 Å². The van der Waals surface area contributed by atoms with Crippen LogP contribution in [-0.2, 0) is 16.0 Å². The van der Waals surface area contributed by atoms with Gasteiger partial charge in [0, 0.05) is 56.5 Å². The molecule has 9 nitrogen and oxygen atoms in total. The largest absolute Gasteiger partial charge is 0.349 e. The van der Waals surface area contributed by atoms with Crippen LogP contribution >= 0.6 is 11.6 Å². The lowest BCUT2D eigenvalue weighted by molar-refractivity contribution is -0.118. The van der Waals surface area contributed by atoms with Crippen LogP contribution in [0.15, 0.2) is 58.7 Å². The second-order valence-electron chi connectivity index (χ2n) is 8.19. The van der Waals surface area contributed by atoms with Gasteiger partial charge >= 0.3 is 6.03 Å². The maximum absolute atomic E-state index is 13.2. The van der Waals surface area contributed by atoms with Crippen LogP contribution in [0.2, 0.25) is 5.02 Å². The molecule has 1 saturated heterocycles. The minimum absolute atomic E-state index is 0.0387. The number of aliphatic imine (C=N–C) groups is 1. The zero-order valence-corrected chi connectivity index (χ0v) is 19.9. The van der Waals surface area contributed by atoms with E-state index in [4.69, 9.17) is 11.6 Å². The highest BCUT2D eigenvalue weighted by molar-refractivity contribution is 6.34. The summed E-state index contributed by atoms with van der Waals surface area (Å²) < 4.78 is 13.2. The first-order valence-corrected chi connectivity index (χ1v) is 11.6. The fraction of sp³-hybridized carbons (Fsp3) is 0.240. The Morgan fingerprint density at radius 3 is 2.58 bits per heavy atom. The van der Waals surface area contributed by atoms with Crippen LogP contribution in [0.3, 0.4) is 0 Å². The van der Waals surface area contributed by atoms with Crippen molar-refractivity contribution in [2.75, 3.05) is 31.5 Å². The number of Topliss-reactive ketones (excluding diaryl/α,β-unsaturated/α-hetero) is 1. The molecule has 0 saturated carbocycles. The average Bonchev–Trinajstić information content (AvgIpc) is 3.49. The minimum atomic E-state index is -0.517. The van der Waals surface area contributed by atoms with Crippen molar-refractivity contribution >= 4 is 47.1 Å². The van der Waals surface area contributed by atoms with E-state index in [1.165, 1.54) is 18.3 Å². The van der Waals surface area contributed by atoms with Gasteiger partial charge in [0.25, 0.3) is 11.8 Å². The van der Waals surface area contributed by atoms with Crippen LogP contribution in [0, 0.1) is 5.82 Å². The molecule has 2 aromatic rings. The minimum Gasteiger partial charge on any atom is -0.349 e. The van der Waals surface area contributed by atoms with E-state index in [1.807, 2.05) is 0 Å². The van der Waals surface area contributed by atoms with E-state index >= 15 is 0 Å². The molecule has 0 bridgehead atoms. The normalized spacial score (nSPS) is 14.7.